The maximum Gasteiger partial charge on any atom is 0.263 e. The second kappa shape index (κ2) is 5.53. The summed E-state index contributed by atoms with van der Waals surface area (Å²) in [5.74, 6) is -0.0130. The zero-order valence-electron chi connectivity index (χ0n) is 8.80. The van der Waals surface area contributed by atoms with Crippen LogP contribution in [0.5, 0.6) is 0 Å². The number of hydrogen-bond donors (Lipinski definition) is 2. The first-order chi connectivity index (χ1) is 7.00. The van der Waals surface area contributed by atoms with Gasteiger partial charge in [-0.3, -0.25) is 4.79 Å². The van der Waals surface area contributed by atoms with Crippen LogP contribution in [0.25, 0.3) is 0 Å². The first-order valence-corrected chi connectivity index (χ1v) is 6.04. The molecule has 1 aromatic heterocycles. The Hall–Kier alpha value is -0.520. The Morgan fingerprint density at radius 2 is 2.40 bits per heavy atom. The molecule has 1 unspecified atom stereocenters. The van der Waals surface area contributed by atoms with Crippen LogP contribution in [0.15, 0.2) is 16.3 Å². The minimum Gasteiger partial charge on any atom is -0.393 e. The normalized spacial score (nSPS) is 12.5. The fraction of sp³-hybridized carbons (Fsp3) is 0.500. The summed E-state index contributed by atoms with van der Waals surface area (Å²) in [6, 6.07) is 1.76. The van der Waals surface area contributed by atoms with Crippen LogP contribution in [0.2, 0.25) is 0 Å². The number of amides is 1. The van der Waals surface area contributed by atoms with Crippen molar-refractivity contribution in [1.29, 1.82) is 0 Å². The number of rotatable bonds is 4. The van der Waals surface area contributed by atoms with Gasteiger partial charge in [0, 0.05) is 23.9 Å². The summed E-state index contributed by atoms with van der Waals surface area (Å²) in [5.41, 5.74) is 0. The van der Waals surface area contributed by atoms with E-state index in [1.54, 1.807) is 24.9 Å². The zero-order chi connectivity index (χ0) is 11.4. The largest absolute Gasteiger partial charge is 0.393 e. The van der Waals surface area contributed by atoms with E-state index in [1.807, 2.05) is 5.38 Å². The molecule has 0 saturated carbocycles. The molecule has 0 bridgehead atoms. The number of aliphatic hydroxyl groups excluding tert-OH is 1. The Morgan fingerprint density at radius 3 is 2.87 bits per heavy atom. The molecule has 0 saturated heterocycles. The third kappa shape index (κ3) is 3.85. The maximum atomic E-state index is 11.8. The number of aliphatic hydroxyl groups is 1. The van der Waals surface area contributed by atoms with Crippen molar-refractivity contribution in [2.24, 2.45) is 0 Å². The predicted molar refractivity (Wildman–Crippen MR) is 64.8 cm³/mol. The number of carbonyl (C=O) groups excluding carboxylic acids is 1. The van der Waals surface area contributed by atoms with Gasteiger partial charge in [0.05, 0.1) is 11.0 Å². The summed E-state index contributed by atoms with van der Waals surface area (Å²) in [7, 11) is 1.74. The summed E-state index contributed by atoms with van der Waals surface area (Å²) < 4.78 is 0. The van der Waals surface area contributed by atoms with Gasteiger partial charge >= 0.3 is 0 Å². The standard InChI is InChI=1S/C10H15NO2S2/c1-7(12)3-4-11(2)10(13)9-5-8(14)6-15-9/h5-7,12,14H,3-4H2,1-2H3. The molecule has 1 atom stereocenters. The molecular formula is C10H15NO2S2. The second-order valence-electron chi connectivity index (χ2n) is 3.53. The summed E-state index contributed by atoms with van der Waals surface area (Å²) in [6.07, 6.45) is 0.227. The van der Waals surface area contributed by atoms with Crippen LogP contribution >= 0.6 is 24.0 Å². The van der Waals surface area contributed by atoms with E-state index in [2.05, 4.69) is 12.6 Å². The van der Waals surface area contributed by atoms with E-state index in [-0.39, 0.29) is 12.0 Å². The lowest BCUT2D eigenvalue weighted by atomic mass is 10.2. The SMILES string of the molecule is CC(O)CCN(C)C(=O)c1cc(S)cs1. The molecule has 0 radical (unpaired) electrons. The van der Waals surface area contributed by atoms with Gasteiger partial charge in [-0.2, -0.15) is 0 Å². The van der Waals surface area contributed by atoms with Crippen molar-refractivity contribution in [2.45, 2.75) is 24.3 Å². The topological polar surface area (TPSA) is 40.5 Å². The molecule has 0 aliphatic carbocycles. The van der Waals surface area contributed by atoms with Gasteiger partial charge in [-0.05, 0) is 19.4 Å². The van der Waals surface area contributed by atoms with Gasteiger partial charge < -0.3 is 10.0 Å². The molecule has 0 aromatic carbocycles. The van der Waals surface area contributed by atoms with Crippen molar-refractivity contribution in [1.82, 2.24) is 4.90 Å². The molecule has 3 nitrogen and oxygen atoms in total. The predicted octanol–water partition coefficient (Wildman–Crippen LogP) is 1.88. The Labute approximate surface area is 99.1 Å². The van der Waals surface area contributed by atoms with Crippen LogP contribution in [0, 0.1) is 0 Å². The Balaban J connectivity index is 2.53. The van der Waals surface area contributed by atoms with Crippen molar-refractivity contribution in [3.8, 4) is 0 Å². The third-order valence-corrected chi connectivity index (χ3v) is 3.38. The summed E-state index contributed by atoms with van der Waals surface area (Å²) in [6.45, 7) is 2.28. The van der Waals surface area contributed by atoms with E-state index in [4.69, 9.17) is 5.11 Å². The minimum atomic E-state index is -0.371. The highest BCUT2D eigenvalue weighted by Crippen LogP contribution is 2.19. The monoisotopic (exact) mass is 245 g/mol. The smallest absolute Gasteiger partial charge is 0.263 e. The fourth-order valence-electron chi connectivity index (χ4n) is 1.11. The van der Waals surface area contributed by atoms with Gasteiger partial charge in [0.2, 0.25) is 0 Å². The molecule has 1 amide bonds. The number of thiophene rings is 1. The third-order valence-electron chi connectivity index (χ3n) is 2.03. The van der Waals surface area contributed by atoms with E-state index in [9.17, 15) is 4.79 Å². The highest BCUT2D eigenvalue weighted by atomic mass is 32.1. The molecule has 84 valence electrons. The van der Waals surface area contributed by atoms with Crippen molar-refractivity contribution in [3.05, 3.63) is 16.3 Å². The van der Waals surface area contributed by atoms with Gasteiger partial charge in [-0.25, -0.2) is 0 Å². The Bertz CT molecular complexity index is 336. The minimum absolute atomic E-state index is 0.0130. The van der Waals surface area contributed by atoms with Gasteiger partial charge in [-0.1, -0.05) is 0 Å². The Morgan fingerprint density at radius 1 is 1.73 bits per heavy atom. The molecule has 0 fully saturated rings. The van der Waals surface area contributed by atoms with Gasteiger partial charge in [0.25, 0.3) is 5.91 Å². The summed E-state index contributed by atoms with van der Waals surface area (Å²) in [4.78, 5) is 14.9. The zero-order valence-corrected chi connectivity index (χ0v) is 10.5. The van der Waals surface area contributed by atoms with Crippen LogP contribution < -0.4 is 0 Å². The van der Waals surface area contributed by atoms with E-state index >= 15 is 0 Å². The van der Waals surface area contributed by atoms with Crippen molar-refractivity contribution < 1.29 is 9.90 Å². The highest BCUT2D eigenvalue weighted by Gasteiger charge is 2.13. The van der Waals surface area contributed by atoms with Crippen molar-refractivity contribution >= 4 is 29.9 Å². The molecule has 0 aliphatic heterocycles. The highest BCUT2D eigenvalue weighted by molar-refractivity contribution is 7.80. The molecule has 15 heavy (non-hydrogen) atoms. The quantitative estimate of drug-likeness (QED) is 0.795. The molecule has 1 aromatic rings. The van der Waals surface area contributed by atoms with E-state index in [1.165, 1.54) is 11.3 Å². The van der Waals surface area contributed by atoms with Crippen molar-refractivity contribution in [2.75, 3.05) is 13.6 Å². The van der Waals surface area contributed by atoms with Crippen LogP contribution in [-0.2, 0) is 0 Å². The molecule has 1 heterocycles. The fourth-order valence-corrected chi connectivity index (χ4v) is 2.25. The van der Waals surface area contributed by atoms with Crippen LogP contribution in [0.3, 0.4) is 0 Å². The van der Waals surface area contributed by atoms with E-state index in [0.29, 0.717) is 17.8 Å². The molecule has 5 heteroatoms. The lowest BCUT2D eigenvalue weighted by Gasteiger charge is -2.16. The molecule has 1 N–H and O–H groups in total. The first kappa shape index (κ1) is 12.5. The summed E-state index contributed by atoms with van der Waals surface area (Å²) >= 11 is 5.54. The summed E-state index contributed by atoms with van der Waals surface area (Å²) in [5, 5.41) is 10.9. The average molecular weight is 245 g/mol. The molecular weight excluding hydrogens is 230 g/mol. The van der Waals surface area contributed by atoms with Crippen LogP contribution in [-0.4, -0.2) is 35.6 Å². The van der Waals surface area contributed by atoms with Crippen LogP contribution in [0.1, 0.15) is 23.0 Å². The number of nitrogens with zero attached hydrogens (tertiary/aromatic N) is 1. The van der Waals surface area contributed by atoms with Crippen LogP contribution in [0.4, 0.5) is 0 Å². The number of hydrogen-bond acceptors (Lipinski definition) is 4. The second-order valence-corrected chi connectivity index (χ2v) is 4.96. The van der Waals surface area contributed by atoms with Crippen molar-refractivity contribution in [3.63, 3.8) is 0 Å². The maximum absolute atomic E-state index is 11.8. The van der Waals surface area contributed by atoms with Gasteiger partial charge in [-0.15, -0.1) is 24.0 Å². The molecule has 0 aliphatic rings. The van der Waals surface area contributed by atoms with Gasteiger partial charge in [0.15, 0.2) is 0 Å². The van der Waals surface area contributed by atoms with E-state index in [0.717, 1.165) is 4.90 Å². The van der Waals surface area contributed by atoms with Gasteiger partial charge in [0.1, 0.15) is 0 Å². The average Bonchev–Trinajstić information content (AvgIpc) is 2.60. The number of thiol groups is 1. The first-order valence-electron chi connectivity index (χ1n) is 4.71. The lowest BCUT2D eigenvalue weighted by molar-refractivity contribution is 0.0773. The Kier molecular flexibility index (Phi) is 4.63. The lowest BCUT2D eigenvalue weighted by Crippen LogP contribution is -2.28. The molecule has 0 spiro atoms. The van der Waals surface area contributed by atoms with E-state index < -0.39 is 0 Å². The number of carbonyl (C=O) groups is 1. The molecule has 1 rings (SSSR count).